The lowest BCUT2D eigenvalue weighted by Gasteiger charge is -2.40. The maximum atomic E-state index is 6.20. The third-order valence-electron chi connectivity index (χ3n) is 9.76. The fourth-order valence-electron chi connectivity index (χ4n) is 7.96. The first-order valence-electron chi connectivity index (χ1n) is 13.9. The Hall–Kier alpha value is -0.320. The maximum absolute atomic E-state index is 6.20. The summed E-state index contributed by atoms with van der Waals surface area (Å²) >= 11 is 0. The van der Waals surface area contributed by atoms with Gasteiger partial charge in [0.05, 0.1) is 31.6 Å². The SMILES string of the molecule is CN1CC(CN2CCC[C@H]2C2NC(C3CCC(N4CCOCC4)NC3)NO2)C2CCCCC21. The minimum Gasteiger partial charge on any atom is -0.379 e. The number of fused-ring (bicyclic) bond motifs is 1. The predicted octanol–water partition coefficient (Wildman–Crippen LogP) is 1.01. The van der Waals surface area contributed by atoms with Gasteiger partial charge >= 0.3 is 0 Å². The van der Waals surface area contributed by atoms with Crippen LogP contribution in [0.2, 0.25) is 0 Å². The van der Waals surface area contributed by atoms with Crippen LogP contribution in [0.25, 0.3) is 0 Å². The summed E-state index contributed by atoms with van der Waals surface area (Å²) in [6.07, 6.45) is 11.6. The van der Waals surface area contributed by atoms with E-state index < -0.39 is 0 Å². The molecule has 7 unspecified atom stereocenters. The minimum absolute atomic E-state index is 0.121. The first kappa shape index (κ1) is 23.1. The van der Waals surface area contributed by atoms with Gasteiger partial charge in [0.2, 0.25) is 0 Å². The predicted molar refractivity (Wildman–Crippen MR) is 128 cm³/mol. The average molecular weight is 463 g/mol. The number of likely N-dealkylation sites (tertiary alicyclic amines) is 2. The Morgan fingerprint density at radius 2 is 1.76 bits per heavy atom. The number of rotatable bonds is 5. The van der Waals surface area contributed by atoms with Crippen LogP contribution < -0.4 is 16.1 Å². The smallest absolute Gasteiger partial charge is 0.146 e. The topological polar surface area (TPSA) is 64.3 Å². The van der Waals surface area contributed by atoms with E-state index in [4.69, 9.17) is 9.57 Å². The van der Waals surface area contributed by atoms with Gasteiger partial charge in [-0.2, -0.15) is 5.48 Å². The molecule has 0 amide bonds. The Balaban J connectivity index is 0.999. The molecule has 5 saturated heterocycles. The third kappa shape index (κ3) is 4.87. The number of morpholine rings is 1. The van der Waals surface area contributed by atoms with Crippen LogP contribution in [0, 0.1) is 17.8 Å². The summed E-state index contributed by atoms with van der Waals surface area (Å²) in [4.78, 5) is 14.2. The van der Waals surface area contributed by atoms with Crippen molar-refractivity contribution in [1.29, 1.82) is 0 Å². The second-order valence-corrected chi connectivity index (χ2v) is 11.6. The van der Waals surface area contributed by atoms with E-state index in [1.54, 1.807) is 0 Å². The van der Waals surface area contributed by atoms with Crippen LogP contribution in [0.1, 0.15) is 51.4 Å². The van der Waals surface area contributed by atoms with Crippen LogP contribution in [-0.4, -0.2) is 105 Å². The van der Waals surface area contributed by atoms with Gasteiger partial charge in [0, 0.05) is 44.7 Å². The number of nitrogens with one attached hydrogen (secondary N) is 3. The molecule has 8 heteroatoms. The zero-order valence-corrected chi connectivity index (χ0v) is 20.6. The standard InChI is InChI=1S/C25H46N6O2/c1-29-16-19(20-5-2-3-6-21(20)29)17-31-10-4-7-22(31)25-27-24(28-33-25)18-8-9-23(26-15-18)30-11-13-32-14-12-30/h18-28H,2-17H2,1H3/t18?,19?,20?,21?,22-,23?,24?,25?/m0/s1. The molecule has 8 atom stereocenters. The molecular weight excluding hydrogens is 416 g/mol. The Labute approximate surface area is 200 Å². The van der Waals surface area contributed by atoms with E-state index in [-0.39, 0.29) is 12.4 Å². The highest BCUT2D eigenvalue weighted by Gasteiger charge is 2.45. The van der Waals surface area contributed by atoms with E-state index in [0.29, 0.717) is 18.1 Å². The van der Waals surface area contributed by atoms with Gasteiger partial charge in [-0.1, -0.05) is 12.8 Å². The zero-order valence-electron chi connectivity index (χ0n) is 20.6. The Kier molecular flexibility index (Phi) is 7.24. The molecule has 0 aromatic heterocycles. The highest BCUT2D eigenvalue weighted by Crippen LogP contribution is 2.40. The van der Waals surface area contributed by atoms with Gasteiger partial charge < -0.3 is 15.0 Å². The molecule has 1 saturated carbocycles. The summed E-state index contributed by atoms with van der Waals surface area (Å²) in [5.74, 6) is 2.33. The van der Waals surface area contributed by atoms with Crippen molar-refractivity contribution in [3.63, 3.8) is 0 Å². The summed E-state index contributed by atoms with van der Waals surface area (Å²) in [5.41, 5.74) is 3.39. The normalized spacial score (nSPS) is 46.1. The zero-order chi connectivity index (χ0) is 22.2. The Bertz CT molecular complexity index is 640. The van der Waals surface area contributed by atoms with Crippen LogP contribution >= 0.6 is 0 Å². The van der Waals surface area contributed by atoms with Crippen LogP contribution in [0.5, 0.6) is 0 Å². The van der Waals surface area contributed by atoms with Crippen LogP contribution in [0.15, 0.2) is 0 Å². The number of piperidine rings is 1. The van der Waals surface area contributed by atoms with Crippen molar-refractivity contribution in [3.05, 3.63) is 0 Å². The number of hydroxylamine groups is 1. The molecule has 0 aromatic carbocycles. The van der Waals surface area contributed by atoms with E-state index in [1.807, 2.05) is 0 Å². The van der Waals surface area contributed by atoms with Crippen molar-refractivity contribution in [3.8, 4) is 0 Å². The minimum atomic E-state index is 0.121. The van der Waals surface area contributed by atoms with Gasteiger partial charge in [0.1, 0.15) is 6.23 Å². The average Bonchev–Trinajstić information content (AvgIpc) is 3.60. The molecule has 0 spiro atoms. The molecule has 0 aromatic rings. The van der Waals surface area contributed by atoms with Crippen molar-refractivity contribution >= 4 is 0 Å². The molecule has 6 rings (SSSR count). The third-order valence-corrected chi connectivity index (χ3v) is 9.76. The van der Waals surface area contributed by atoms with Gasteiger partial charge in [0.15, 0.2) is 0 Å². The molecule has 5 aliphatic heterocycles. The first-order valence-corrected chi connectivity index (χ1v) is 13.9. The number of hydrogen-bond acceptors (Lipinski definition) is 8. The van der Waals surface area contributed by atoms with Crippen LogP contribution in [0.3, 0.4) is 0 Å². The van der Waals surface area contributed by atoms with Gasteiger partial charge in [-0.15, -0.1) is 0 Å². The molecule has 0 bridgehead atoms. The molecule has 6 aliphatic rings. The highest BCUT2D eigenvalue weighted by atomic mass is 16.7. The number of nitrogens with zero attached hydrogens (tertiary/aromatic N) is 3. The summed E-state index contributed by atoms with van der Waals surface area (Å²) < 4.78 is 5.52. The molecule has 3 N–H and O–H groups in total. The van der Waals surface area contributed by atoms with Crippen molar-refractivity contribution in [2.45, 2.75) is 82.0 Å². The van der Waals surface area contributed by atoms with E-state index >= 15 is 0 Å². The lowest BCUT2D eigenvalue weighted by molar-refractivity contribution is -0.0289. The largest absolute Gasteiger partial charge is 0.379 e. The Morgan fingerprint density at radius 1 is 0.909 bits per heavy atom. The first-order chi connectivity index (χ1) is 16.3. The molecule has 1 aliphatic carbocycles. The van der Waals surface area contributed by atoms with Crippen molar-refractivity contribution < 1.29 is 9.57 Å². The molecule has 188 valence electrons. The summed E-state index contributed by atoms with van der Waals surface area (Å²) in [6, 6.07) is 1.35. The van der Waals surface area contributed by atoms with Gasteiger partial charge in [-0.05, 0) is 64.0 Å². The summed E-state index contributed by atoms with van der Waals surface area (Å²) in [7, 11) is 2.36. The molecule has 33 heavy (non-hydrogen) atoms. The monoisotopic (exact) mass is 462 g/mol. The van der Waals surface area contributed by atoms with Gasteiger partial charge in [-0.3, -0.25) is 20.0 Å². The van der Waals surface area contributed by atoms with E-state index in [2.05, 4.69) is 37.9 Å². The van der Waals surface area contributed by atoms with E-state index in [1.165, 1.54) is 71.0 Å². The van der Waals surface area contributed by atoms with Crippen molar-refractivity contribution in [2.24, 2.45) is 17.8 Å². The van der Waals surface area contributed by atoms with E-state index in [0.717, 1.165) is 50.7 Å². The Morgan fingerprint density at radius 3 is 2.61 bits per heavy atom. The maximum Gasteiger partial charge on any atom is 0.146 e. The lowest BCUT2D eigenvalue weighted by atomic mass is 9.79. The quantitative estimate of drug-likeness (QED) is 0.560. The molecule has 0 radical (unpaired) electrons. The number of ether oxygens (including phenoxy) is 1. The van der Waals surface area contributed by atoms with Crippen LogP contribution in [-0.2, 0) is 9.57 Å². The van der Waals surface area contributed by atoms with Crippen molar-refractivity contribution in [1.82, 2.24) is 30.8 Å². The highest BCUT2D eigenvalue weighted by molar-refractivity contribution is 4.98. The second kappa shape index (κ2) is 10.3. The molecular formula is C25H46N6O2. The van der Waals surface area contributed by atoms with Gasteiger partial charge in [0.25, 0.3) is 0 Å². The molecule has 6 fully saturated rings. The second-order valence-electron chi connectivity index (χ2n) is 11.6. The van der Waals surface area contributed by atoms with Crippen molar-refractivity contribution in [2.75, 3.05) is 59.5 Å². The van der Waals surface area contributed by atoms with Crippen LogP contribution in [0.4, 0.5) is 0 Å². The fourth-order valence-corrected chi connectivity index (χ4v) is 7.96. The summed E-state index contributed by atoms with van der Waals surface area (Å²) in [6.45, 7) is 8.70. The molecule has 5 heterocycles. The van der Waals surface area contributed by atoms with E-state index in [9.17, 15) is 0 Å². The lowest BCUT2D eigenvalue weighted by Crippen LogP contribution is -2.57. The fraction of sp³-hybridized carbons (Fsp3) is 1.00. The number of hydrogen-bond donors (Lipinski definition) is 3. The molecule has 8 nitrogen and oxygen atoms in total. The summed E-state index contributed by atoms with van der Waals surface area (Å²) in [5, 5.41) is 7.67. The van der Waals surface area contributed by atoms with Gasteiger partial charge in [-0.25, -0.2) is 0 Å².